The van der Waals surface area contributed by atoms with E-state index in [0.717, 1.165) is 34.3 Å². The molecule has 3 aromatic carbocycles. The van der Waals surface area contributed by atoms with Gasteiger partial charge in [0, 0.05) is 5.57 Å². The molecule has 38 heavy (non-hydrogen) atoms. The number of hydrogen-bond acceptors (Lipinski definition) is 4. The average Bonchev–Trinajstić information content (AvgIpc) is 2.99. The van der Waals surface area contributed by atoms with Crippen LogP contribution in [0.15, 0.2) is 97.1 Å². The van der Waals surface area contributed by atoms with Gasteiger partial charge in [-0.15, -0.1) is 0 Å². The highest BCUT2D eigenvalue weighted by Gasteiger charge is 2.08. The van der Waals surface area contributed by atoms with Crippen molar-refractivity contribution in [2.24, 2.45) is 0 Å². The quantitative estimate of drug-likeness (QED) is 0.0988. The molecule has 0 radical (unpaired) electrons. The number of ether oxygens (including phenoxy) is 2. The Kier molecular flexibility index (Phi) is 17.7. The molecule has 0 heterocycles. The highest BCUT2D eigenvalue weighted by atomic mass is 16.5. The highest BCUT2D eigenvalue weighted by molar-refractivity contribution is 5.89. The van der Waals surface area contributed by atoms with E-state index in [0.29, 0.717) is 23.3 Å². The summed E-state index contributed by atoms with van der Waals surface area (Å²) in [5.41, 5.74) is 5.43. The molecule has 3 aromatic rings. The van der Waals surface area contributed by atoms with Crippen LogP contribution >= 0.6 is 0 Å². The first-order valence-corrected chi connectivity index (χ1v) is 12.9. The number of carbonyl (C=O) groups is 2. The van der Waals surface area contributed by atoms with E-state index in [1.54, 1.807) is 26.2 Å². The van der Waals surface area contributed by atoms with Crippen molar-refractivity contribution >= 4 is 24.4 Å². The molecule has 0 aromatic heterocycles. The molecule has 4 nitrogen and oxygen atoms in total. The number of esters is 1. The standard InChI is InChI=1S/C26H24O3.C4H6O.2C2H6/c1-4-19(2)26(27)29-25-17-13-23(14-18-25)22-11-7-20(8-12-22)5-6-21-9-15-24(28-3)16-10-21;1-4(2)3-5;2*1-2/h5-18H,2,4H2,1,3H3;3H,1H2,2H3;2*1-2H3/b6-5+;;;. The van der Waals surface area contributed by atoms with Crippen LogP contribution in [-0.2, 0) is 9.59 Å². The summed E-state index contributed by atoms with van der Waals surface area (Å²) >= 11 is 0. The second kappa shape index (κ2) is 19.9. The molecule has 0 aliphatic heterocycles. The van der Waals surface area contributed by atoms with E-state index in [2.05, 4.69) is 49.6 Å². The second-order valence-electron chi connectivity index (χ2n) is 7.56. The fourth-order valence-corrected chi connectivity index (χ4v) is 2.73. The molecule has 0 aliphatic carbocycles. The molecule has 0 spiro atoms. The van der Waals surface area contributed by atoms with Crippen LogP contribution in [0, 0.1) is 0 Å². The van der Waals surface area contributed by atoms with Crippen molar-refractivity contribution in [3.8, 4) is 22.6 Å². The van der Waals surface area contributed by atoms with E-state index in [-0.39, 0.29) is 5.97 Å². The first kappa shape index (κ1) is 33.8. The number of carbonyl (C=O) groups excluding carboxylic acids is 2. The number of benzene rings is 3. The van der Waals surface area contributed by atoms with Gasteiger partial charge in [-0.2, -0.15) is 0 Å². The monoisotopic (exact) mass is 514 g/mol. The van der Waals surface area contributed by atoms with Crippen LogP contribution < -0.4 is 9.47 Å². The molecule has 0 unspecified atom stereocenters. The Hall–Kier alpha value is -4.18. The summed E-state index contributed by atoms with van der Waals surface area (Å²) in [6, 6.07) is 23.7. The zero-order chi connectivity index (χ0) is 28.9. The molecular formula is C34H42O4. The lowest BCUT2D eigenvalue weighted by atomic mass is 10.0. The minimum atomic E-state index is -0.381. The van der Waals surface area contributed by atoms with Gasteiger partial charge in [-0.05, 0) is 65.4 Å². The molecule has 0 bridgehead atoms. The summed E-state index contributed by atoms with van der Waals surface area (Å²) in [6.45, 7) is 18.5. The van der Waals surface area contributed by atoms with Gasteiger partial charge < -0.3 is 9.47 Å². The summed E-state index contributed by atoms with van der Waals surface area (Å²) in [5.74, 6) is 0.989. The lowest BCUT2D eigenvalue weighted by Gasteiger charge is -2.07. The minimum Gasteiger partial charge on any atom is -0.497 e. The topological polar surface area (TPSA) is 52.6 Å². The summed E-state index contributed by atoms with van der Waals surface area (Å²) in [6.07, 6.45) is 5.45. The number of allylic oxidation sites excluding steroid dienone is 1. The van der Waals surface area contributed by atoms with E-state index < -0.39 is 0 Å². The van der Waals surface area contributed by atoms with Gasteiger partial charge in [-0.3, -0.25) is 4.79 Å². The number of aldehydes is 1. The zero-order valence-corrected chi connectivity index (χ0v) is 23.9. The maximum absolute atomic E-state index is 11.8. The van der Waals surface area contributed by atoms with Crippen molar-refractivity contribution < 1.29 is 19.1 Å². The smallest absolute Gasteiger partial charge is 0.338 e. The lowest BCUT2D eigenvalue weighted by molar-refractivity contribution is -0.130. The predicted molar refractivity (Wildman–Crippen MR) is 162 cm³/mol. The van der Waals surface area contributed by atoms with Crippen LogP contribution in [-0.4, -0.2) is 19.4 Å². The maximum atomic E-state index is 11.8. The Bertz CT molecular complexity index is 1140. The molecule has 202 valence electrons. The molecule has 4 heteroatoms. The Balaban J connectivity index is 0.00000134. The number of hydrogen-bond donors (Lipinski definition) is 0. The summed E-state index contributed by atoms with van der Waals surface area (Å²) < 4.78 is 10.5. The molecule has 0 aliphatic rings. The normalized spacial score (nSPS) is 9.34. The third kappa shape index (κ3) is 12.7. The van der Waals surface area contributed by atoms with Crippen molar-refractivity contribution in [2.75, 3.05) is 7.11 Å². The van der Waals surface area contributed by atoms with Gasteiger partial charge in [0.2, 0.25) is 0 Å². The molecule has 0 saturated heterocycles. The zero-order valence-electron chi connectivity index (χ0n) is 23.9. The van der Waals surface area contributed by atoms with Gasteiger partial charge >= 0.3 is 5.97 Å². The van der Waals surface area contributed by atoms with Crippen LogP contribution in [0.1, 0.15) is 59.1 Å². The predicted octanol–water partition coefficient (Wildman–Crippen LogP) is 9.22. The molecule has 0 fully saturated rings. The van der Waals surface area contributed by atoms with Crippen molar-refractivity contribution in [1.29, 1.82) is 0 Å². The van der Waals surface area contributed by atoms with Gasteiger partial charge in [0.25, 0.3) is 0 Å². The van der Waals surface area contributed by atoms with Crippen LogP contribution in [0.25, 0.3) is 23.3 Å². The SMILES string of the molecule is C=C(C)C=O.C=C(CC)C(=O)Oc1ccc(-c2ccc(/C=C/c3ccc(OC)cc3)cc2)cc1.CC.CC. The second-order valence-corrected chi connectivity index (χ2v) is 7.56. The van der Waals surface area contributed by atoms with Gasteiger partial charge in [0.15, 0.2) is 0 Å². The summed E-state index contributed by atoms with van der Waals surface area (Å²) in [5, 5.41) is 0. The van der Waals surface area contributed by atoms with E-state index >= 15 is 0 Å². The highest BCUT2D eigenvalue weighted by Crippen LogP contribution is 2.24. The molecule has 0 amide bonds. The Morgan fingerprint density at radius 1 is 0.737 bits per heavy atom. The van der Waals surface area contributed by atoms with Gasteiger partial charge in [-0.1, -0.05) is 108 Å². The van der Waals surface area contributed by atoms with Crippen molar-refractivity contribution in [3.63, 3.8) is 0 Å². The van der Waals surface area contributed by atoms with Crippen LogP contribution in [0.2, 0.25) is 0 Å². The Morgan fingerprint density at radius 3 is 1.47 bits per heavy atom. The number of rotatable bonds is 8. The van der Waals surface area contributed by atoms with Crippen molar-refractivity contribution in [3.05, 3.63) is 108 Å². The van der Waals surface area contributed by atoms with Crippen LogP contribution in [0.3, 0.4) is 0 Å². The fourth-order valence-electron chi connectivity index (χ4n) is 2.73. The van der Waals surface area contributed by atoms with E-state index in [1.807, 2.05) is 71.0 Å². The minimum absolute atomic E-state index is 0.381. The van der Waals surface area contributed by atoms with E-state index in [1.165, 1.54) is 0 Å². The molecule has 0 saturated carbocycles. The summed E-state index contributed by atoms with van der Waals surface area (Å²) in [4.78, 5) is 21.2. The first-order valence-electron chi connectivity index (χ1n) is 12.9. The van der Waals surface area contributed by atoms with E-state index in [9.17, 15) is 9.59 Å². The van der Waals surface area contributed by atoms with Crippen molar-refractivity contribution in [1.82, 2.24) is 0 Å². The Labute approximate surface area is 229 Å². The van der Waals surface area contributed by atoms with Crippen LogP contribution in [0.4, 0.5) is 0 Å². The average molecular weight is 515 g/mol. The fraction of sp³-hybridized carbons (Fsp3) is 0.235. The first-order chi connectivity index (χ1) is 18.4. The third-order valence-electron chi connectivity index (χ3n) is 4.81. The molecule has 0 N–H and O–H groups in total. The van der Waals surface area contributed by atoms with Gasteiger partial charge in [0.05, 0.1) is 7.11 Å². The Morgan fingerprint density at radius 2 is 1.11 bits per heavy atom. The van der Waals surface area contributed by atoms with Crippen molar-refractivity contribution in [2.45, 2.75) is 48.0 Å². The molecule has 0 atom stereocenters. The molecule has 3 rings (SSSR count). The third-order valence-corrected chi connectivity index (χ3v) is 4.81. The molecular weight excluding hydrogens is 472 g/mol. The number of methoxy groups -OCH3 is 1. The lowest BCUT2D eigenvalue weighted by Crippen LogP contribution is -2.09. The maximum Gasteiger partial charge on any atom is 0.338 e. The van der Waals surface area contributed by atoms with Gasteiger partial charge in [-0.25, -0.2) is 4.79 Å². The van der Waals surface area contributed by atoms with Crippen LogP contribution in [0.5, 0.6) is 11.5 Å². The summed E-state index contributed by atoms with van der Waals surface area (Å²) in [7, 11) is 1.66. The van der Waals surface area contributed by atoms with Gasteiger partial charge in [0.1, 0.15) is 17.8 Å². The largest absolute Gasteiger partial charge is 0.497 e. The van der Waals surface area contributed by atoms with E-state index in [4.69, 9.17) is 9.47 Å².